The van der Waals surface area contributed by atoms with Crippen molar-refractivity contribution >= 4 is 38.9 Å². The smallest absolute Gasteiger partial charge is 0.249 e. The van der Waals surface area contributed by atoms with Crippen LogP contribution in [-0.4, -0.2) is 62.6 Å². The highest BCUT2D eigenvalue weighted by molar-refractivity contribution is 7.89. The average Bonchev–Trinajstić information content (AvgIpc) is 3.40. The second kappa shape index (κ2) is 9.16. The summed E-state index contributed by atoms with van der Waals surface area (Å²) in [6.07, 6.45) is 4.50. The molecular formula is C24H31N5O4S. The van der Waals surface area contributed by atoms with Crippen molar-refractivity contribution in [2.24, 2.45) is 0 Å². The van der Waals surface area contributed by atoms with E-state index in [1.807, 2.05) is 24.0 Å². The molecule has 0 saturated carbocycles. The Balaban J connectivity index is 1.45. The van der Waals surface area contributed by atoms with Gasteiger partial charge in [-0.2, -0.15) is 4.31 Å². The molecule has 2 fully saturated rings. The number of likely N-dealkylation sites (N-methyl/N-ethyl adjacent to an activating group) is 1. The van der Waals surface area contributed by atoms with Crippen LogP contribution in [0.1, 0.15) is 39.0 Å². The maximum atomic E-state index is 13.0. The number of carbonyl (C=O) groups excluding carboxylic acids is 1. The van der Waals surface area contributed by atoms with Gasteiger partial charge in [0.05, 0.1) is 10.6 Å². The van der Waals surface area contributed by atoms with E-state index in [2.05, 4.69) is 5.32 Å². The number of anilines is 4. The third-order valence-corrected chi connectivity index (χ3v) is 8.74. The van der Waals surface area contributed by atoms with Gasteiger partial charge in [0.2, 0.25) is 15.9 Å². The van der Waals surface area contributed by atoms with Gasteiger partial charge in [-0.1, -0.05) is 6.07 Å². The van der Waals surface area contributed by atoms with E-state index in [-0.39, 0.29) is 17.0 Å². The molecular weight excluding hydrogens is 454 g/mol. The molecule has 5 rings (SSSR count). The number of pyridine rings is 1. The lowest BCUT2D eigenvalue weighted by Crippen LogP contribution is -2.56. The van der Waals surface area contributed by atoms with Gasteiger partial charge < -0.3 is 19.9 Å². The number of fused-ring (bicyclic) bond motifs is 1. The summed E-state index contributed by atoms with van der Waals surface area (Å²) in [6, 6.07) is 10.1. The molecule has 1 N–H and O–H groups in total. The number of aromatic nitrogens is 1. The number of ether oxygens (including phenoxy) is 1. The van der Waals surface area contributed by atoms with E-state index in [0.29, 0.717) is 37.0 Å². The fraction of sp³-hybridized carbons (Fsp3) is 0.500. The Morgan fingerprint density at radius 3 is 2.62 bits per heavy atom. The summed E-state index contributed by atoms with van der Waals surface area (Å²) in [5.41, 5.74) is 1.37. The quantitative estimate of drug-likeness (QED) is 0.694. The second-order valence-corrected chi connectivity index (χ2v) is 11.0. The lowest BCUT2D eigenvalue weighted by Gasteiger charge is -2.44. The molecule has 1 aromatic carbocycles. The van der Waals surface area contributed by atoms with Gasteiger partial charge in [0.1, 0.15) is 18.1 Å². The fourth-order valence-corrected chi connectivity index (χ4v) is 6.52. The number of amides is 1. The molecule has 2 saturated heterocycles. The van der Waals surface area contributed by atoms with Gasteiger partial charge in [0.15, 0.2) is 5.82 Å². The van der Waals surface area contributed by atoms with Gasteiger partial charge in [-0.05, 0) is 69.4 Å². The highest BCUT2D eigenvalue weighted by Crippen LogP contribution is 2.38. The molecule has 1 amide bonds. The van der Waals surface area contributed by atoms with Gasteiger partial charge in [-0.3, -0.25) is 4.79 Å². The molecule has 9 nitrogen and oxygen atoms in total. The van der Waals surface area contributed by atoms with Crippen molar-refractivity contribution in [3.05, 3.63) is 36.4 Å². The highest BCUT2D eigenvalue weighted by Gasteiger charge is 2.39. The number of nitrogens with one attached hydrogen (secondary N) is 1. The first-order valence-electron chi connectivity index (χ1n) is 11.9. The topological polar surface area (TPSA) is 95.1 Å². The Hall–Kier alpha value is -2.69. The van der Waals surface area contributed by atoms with Crippen LogP contribution in [0.3, 0.4) is 0 Å². The van der Waals surface area contributed by atoms with Crippen LogP contribution in [0.15, 0.2) is 41.3 Å². The van der Waals surface area contributed by atoms with Crippen LogP contribution < -0.4 is 15.1 Å². The van der Waals surface area contributed by atoms with Crippen molar-refractivity contribution in [2.45, 2.75) is 56.2 Å². The molecule has 3 aliphatic rings. The summed E-state index contributed by atoms with van der Waals surface area (Å²) >= 11 is 0. The van der Waals surface area contributed by atoms with Crippen molar-refractivity contribution < 1.29 is 17.9 Å². The van der Waals surface area contributed by atoms with Gasteiger partial charge in [-0.15, -0.1) is 0 Å². The maximum Gasteiger partial charge on any atom is 0.249 e. The predicted octanol–water partition coefficient (Wildman–Crippen LogP) is 3.31. The molecule has 3 aliphatic heterocycles. The maximum absolute atomic E-state index is 13.0. The van der Waals surface area contributed by atoms with E-state index in [9.17, 15) is 13.2 Å². The lowest BCUT2D eigenvalue weighted by molar-refractivity contribution is -0.120. The van der Waals surface area contributed by atoms with E-state index in [1.165, 1.54) is 0 Å². The lowest BCUT2D eigenvalue weighted by atomic mass is 10.1. The van der Waals surface area contributed by atoms with E-state index in [0.717, 1.165) is 37.8 Å². The zero-order chi connectivity index (χ0) is 23.9. The molecule has 182 valence electrons. The molecule has 10 heteroatoms. The van der Waals surface area contributed by atoms with Crippen molar-refractivity contribution in [1.82, 2.24) is 9.29 Å². The van der Waals surface area contributed by atoms with Gasteiger partial charge in [0, 0.05) is 32.4 Å². The normalized spacial score (nSPS) is 23.8. The minimum Gasteiger partial charge on any atom is -0.358 e. The van der Waals surface area contributed by atoms with Crippen LogP contribution >= 0.6 is 0 Å². The molecule has 2 aromatic rings. The number of benzene rings is 1. The number of sulfonamides is 1. The van der Waals surface area contributed by atoms with Gasteiger partial charge in [-0.25, -0.2) is 13.4 Å². The largest absolute Gasteiger partial charge is 0.358 e. The predicted molar refractivity (Wildman–Crippen MR) is 131 cm³/mol. The molecule has 34 heavy (non-hydrogen) atoms. The molecule has 0 bridgehead atoms. The molecule has 2 atom stereocenters. The molecule has 0 aliphatic carbocycles. The fourth-order valence-electron chi connectivity index (χ4n) is 4.95. The third kappa shape index (κ3) is 4.14. The van der Waals surface area contributed by atoms with Crippen LogP contribution in [0.2, 0.25) is 0 Å². The zero-order valence-electron chi connectivity index (χ0n) is 19.6. The summed E-state index contributed by atoms with van der Waals surface area (Å²) in [6.45, 7) is 3.68. The summed E-state index contributed by atoms with van der Waals surface area (Å²) in [4.78, 5) is 21.6. The van der Waals surface area contributed by atoms with Gasteiger partial charge in [0.25, 0.3) is 0 Å². The first kappa shape index (κ1) is 23.1. The van der Waals surface area contributed by atoms with Gasteiger partial charge >= 0.3 is 0 Å². The standard InChI is InChI=1S/C24H31N5O4S/c1-17-24(30)27(2)20-11-12-21(26-23(20)29(17)22-10-3-6-15-33-22)25-18-8-7-9-19(16-18)34(31,32)28-13-4-5-14-28/h7-9,11-12,16-17,22H,3-6,10,13-15H2,1-2H3,(H,25,26)/t17-,22?/m1/s1. The number of nitrogens with zero attached hydrogens (tertiary/aromatic N) is 4. The Morgan fingerprint density at radius 2 is 1.88 bits per heavy atom. The number of rotatable bonds is 5. The SMILES string of the molecule is C[C@@H]1C(=O)N(C)c2ccc(Nc3cccc(S(=O)(=O)N4CCCC4)c3)nc2N1C1CCCCO1. The number of carbonyl (C=O) groups is 1. The summed E-state index contributed by atoms with van der Waals surface area (Å²) in [7, 11) is -1.75. The Bertz CT molecular complexity index is 1180. The Morgan fingerprint density at radius 1 is 1.09 bits per heavy atom. The molecule has 0 radical (unpaired) electrons. The minimum atomic E-state index is -3.51. The summed E-state index contributed by atoms with van der Waals surface area (Å²) in [5, 5.41) is 3.26. The second-order valence-electron chi connectivity index (χ2n) is 9.10. The van der Waals surface area contributed by atoms with E-state index >= 15 is 0 Å². The number of hydrogen-bond donors (Lipinski definition) is 1. The Kier molecular flexibility index (Phi) is 6.22. The van der Waals surface area contributed by atoms with Crippen molar-refractivity contribution in [1.29, 1.82) is 0 Å². The van der Waals surface area contributed by atoms with E-state index in [4.69, 9.17) is 9.72 Å². The van der Waals surface area contributed by atoms with E-state index < -0.39 is 16.1 Å². The van der Waals surface area contributed by atoms with Crippen molar-refractivity contribution in [2.75, 3.05) is 41.9 Å². The molecule has 1 unspecified atom stereocenters. The van der Waals surface area contributed by atoms with Crippen LogP contribution in [0, 0.1) is 0 Å². The molecule has 4 heterocycles. The van der Waals surface area contributed by atoms with E-state index in [1.54, 1.807) is 40.5 Å². The summed E-state index contributed by atoms with van der Waals surface area (Å²) in [5.74, 6) is 1.27. The average molecular weight is 486 g/mol. The van der Waals surface area contributed by atoms with Crippen LogP contribution in [0.25, 0.3) is 0 Å². The highest BCUT2D eigenvalue weighted by atomic mass is 32.2. The van der Waals surface area contributed by atoms with Crippen LogP contribution in [-0.2, 0) is 19.6 Å². The molecule has 1 aromatic heterocycles. The minimum absolute atomic E-state index is 0.00371. The summed E-state index contributed by atoms with van der Waals surface area (Å²) < 4.78 is 33.5. The first-order valence-corrected chi connectivity index (χ1v) is 13.4. The van der Waals surface area contributed by atoms with Crippen LogP contribution in [0.5, 0.6) is 0 Å². The first-order chi connectivity index (χ1) is 16.4. The van der Waals surface area contributed by atoms with Crippen molar-refractivity contribution in [3.63, 3.8) is 0 Å². The van der Waals surface area contributed by atoms with Crippen molar-refractivity contribution in [3.8, 4) is 0 Å². The monoisotopic (exact) mass is 485 g/mol. The number of hydrogen-bond acceptors (Lipinski definition) is 7. The molecule has 0 spiro atoms. The van der Waals surface area contributed by atoms with Crippen LogP contribution in [0.4, 0.5) is 23.0 Å². The zero-order valence-corrected chi connectivity index (χ0v) is 20.4. The third-order valence-electron chi connectivity index (χ3n) is 6.84. The Labute approximate surface area is 200 Å².